The van der Waals surface area contributed by atoms with Crippen molar-refractivity contribution in [2.45, 2.75) is 58.0 Å². The Morgan fingerprint density at radius 1 is 0.974 bits per heavy atom. The molecule has 10 nitrogen and oxygen atoms in total. The van der Waals surface area contributed by atoms with Crippen molar-refractivity contribution in [3.63, 3.8) is 0 Å². The molecule has 1 aliphatic carbocycles. The fourth-order valence-corrected chi connectivity index (χ4v) is 5.48. The maximum Gasteiger partial charge on any atom is 0.327 e. The van der Waals surface area contributed by atoms with Crippen molar-refractivity contribution in [1.82, 2.24) is 15.1 Å². The van der Waals surface area contributed by atoms with Crippen molar-refractivity contribution >= 4 is 29.4 Å². The molecule has 2 fully saturated rings. The van der Waals surface area contributed by atoms with Crippen LogP contribution in [0.4, 0.5) is 10.5 Å². The van der Waals surface area contributed by atoms with Gasteiger partial charge in [-0.15, -0.1) is 0 Å². The van der Waals surface area contributed by atoms with Crippen molar-refractivity contribution < 1.29 is 28.7 Å². The summed E-state index contributed by atoms with van der Waals surface area (Å²) in [6, 6.07) is 12.2. The van der Waals surface area contributed by atoms with Gasteiger partial charge in [0.25, 0.3) is 0 Å². The number of carbonyl (C=O) groups is 4. The highest BCUT2D eigenvalue weighted by Crippen LogP contribution is 2.35. The van der Waals surface area contributed by atoms with Gasteiger partial charge in [-0.05, 0) is 56.0 Å². The van der Waals surface area contributed by atoms with Gasteiger partial charge in [-0.2, -0.15) is 0 Å². The van der Waals surface area contributed by atoms with Crippen LogP contribution in [0.15, 0.2) is 42.5 Å². The van der Waals surface area contributed by atoms with E-state index >= 15 is 0 Å². The molecular formula is C29H34N4O6. The highest BCUT2D eigenvalue weighted by atomic mass is 16.7. The second kappa shape index (κ2) is 11.8. The van der Waals surface area contributed by atoms with Gasteiger partial charge in [0.05, 0.1) is 5.92 Å². The molecule has 206 valence electrons. The van der Waals surface area contributed by atoms with Crippen LogP contribution in [0.2, 0.25) is 0 Å². The molecule has 5 amide bonds. The van der Waals surface area contributed by atoms with Crippen molar-refractivity contribution in [3.8, 4) is 11.5 Å². The molecule has 2 unspecified atom stereocenters. The van der Waals surface area contributed by atoms with Crippen LogP contribution >= 0.6 is 0 Å². The number of fused-ring (bicyclic) bond motifs is 2. The van der Waals surface area contributed by atoms with E-state index in [0.29, 0.717) is 43.0 Å². The van der Waals surface area contributed by atoms with E-state index in [2.05, 4.69) is 10.6 Å². The van der Waals surface area contributed by atoms with E-state index in [1.54, 1.807) is 4.90 Å². The Bertz CT molecular complexity index is 1250. The molecule has 2 N–H and O–H groups in total. The third kappa shape index (κ3) is 6.16. The van der Waals surface area contributed by atoms with E-state index in [9.17, 15) is 19.2 Å². The minimum absolute atomic E-state index is 0.117. The summed E-state index contributed by atoms with van der Waals surface area (Å²) < 4.78 is 10.7. The number of hydrogen-bond acceptors (Lipinski definition) is 6. The molecular weight excluding hydrogens is 500 g/mol. The quantitative estimate of drug-likeness (QED) is 0.508. The molecule has 2 aromatic rings. The second-order valence-electron chi connectivity index (χ2n) is 10.3. The Morgan fingerprint density at radius 3 is 2.56 bits per heavy atom. The molecule has 39 heavy (non-hydrogen) atoms. The van der Waals surface area contributed by atoms with Crippen LogP contribution in [-0.2, 0) is 20.9 Å². The first-order valence-electron chi connectivity index (χ1n) is 13.5. The Morgan fingerprint density at radius 2 is 1.74 bits per heavy atom. The van der Waals surface area contributed by atoms with E-state index in [4.69, 9.17) is 9.47 Å². The summed E-state index contributed by atoms with van der Waals surface area (Å²) in [5, 5.41) is 5.72. The predicted octanol–water partition coefficient (Wildman–Crippen LogP) is 3.58. The zero-order valence-electron chi connectivity index (χ0n) is 22.1. The largest absolute Gasteiger partial charge is 0.454 e. The van der Waals surface area contributed by atoms with E-state index in [1.807, 2.05) is 49.4 Å². The molecule has 0 bridgehead atoms. The van der Waals surface area contributed by atoms with Gasteiger partial charge in [-0.3, -0.25) is 19.3 Å². The topological polar surface area (TPSA) is 117 Å². The van der Waals surface area contributed by atoms with E-state index in [1.165, 1.54) is 4.90 Å². The monoisotopic (exact) mass is 534 g/mol. The molecule has 1 saturated carbocycles. The number of nitrogens with one attached hydrogen (secondary N) is 2. The Labute approximate surface area is 227 Å². The molecule has 2 aliphatic heterocycles. The first kappa shape index (κ1) is 26.5. The molecule has 0 aromatic heterocycles. The molecule has 0 radical (unpaired) electrons. The number of urea groups is 1. The number of aryl methyl sites for hydroxylation is 1. The summed E-state index contributed by atoms with van der Waals surface area (Å²) in [4.78, 5) is 54.8. The summed E-state index contributed by atoms with van der Waals surface area (Å²) in [5.41, 5.74) is 2.63. The van der Waals surface area contributed by atoms with Gasteiger partial charge in [-0.1, -0.05) is 36.6 Å². The van der Waals surface area contributed by atoms with Crippen LogP contribution in [0.3, 0.4) is 0 Å². The van der Waals surface area contributed by atoms with E-state index in [0.717, 1.165) is 24.0 Å². The first-order chi connectivity index (χ1) is 18.9. The first-order valence-corrected chi connectivity index (χ1v) is 13.5. The number of benzene rings is 2. The molecule has 2 atom stereocenters. The van der Waals surface area contributed by atoms with Crippen LogP contribution in [0, 0.1) is 12.8 Å². The predicted molar refractivity (Wildman–Crippen MR) is 143 cm³/mol. The number of anilines is 1. The molecule has 2 heterocycles. The number of imide groups is 1. The van der Waals surface area contributed by atoms with Gasteiger partial charge >= 0.3 is 6.03 Å². The second-order valence-corrected chi connectivity index (χ2v) is 10.3. The number of amides is 5. The molecule has 10 heteroatoms. The van der Waals surface area contributed by atoms with Crippen molar-refractivity contribution in [2.24, 2.45) is 5.92 Å². The average Bonchev–Trinajstić information content (AvgIpc) is 3.41. The van der Waals surface area contributed by atoms with Crippen molar-refractivity contribution in [2.75, 3.05) is 25.2 Å². The molecule has 3 aliphatic rings. The van der Waals surface area contributed by atoms with Crippen molar-refractivity contribution in [1.29, 1.82) is 0 Å². The normalized spacial score (nSPS) is 20.0. The van der Waals surface area contributed by atoms with Gasteiger partial charge in [0, 0.05) is 31.2 Å². The highest BCUT2D eigenvalue weighted by molar-refractivity contribution is 6.01. The fourth-order valence-electron chi connectivity index (χ4n) is 5.48. The Balaban J connectivity index is 1.15. The minimum Gasteiger partial charge on any atom is -0.454 e. The lowest BCUT2D eigenvalue weighted by molar-refractivity contribution is -0.142. The highest BCUT2D eigenvalue weighted by Gasteiger charge is 2.47. The van der Waals surface area contributed by atoms with Crippen LogP contribution in [0.1, 0.15) is 49.7 Å². The lowest BCUT2D eigenvalue weighted by Gasteiger charge is -2.46. The van der Waals surface area contributed by atoms with Crippen LogP contribution < -0.4 is 20.1 Å². The third-order valence-electron chi connectivity index (χ3n) is 7.55. The molecule has 5 rings (SSSR count). The Kier molecular flexibility index (Phi) is 7.99. The molecule has 1 saturated heterocycles. The number of hydrogen-bond donors (Lipinski definition) is 2. The van der Waals surface area contributed by atoms with Gasteiger partial charge in [0.1, 0.15) is 6.54 Å². The van der Waals surface area contributed by atoms with Gasteiger partial charge in [0.2, 0.25) is 24.5 Å². The van der Waals surface area contributed by atoms with Crippen LogP contribution in [0.5, 0.6) is 11.5 Å². The zero-order chi connectivity index (χ0) is 27.4. The summed E-state index contributed by atoms with van der Waals surface area (Å²) in [6.45, 7) is 2.51. The molecule has 2 aromatic carbocycles. The maximum atomic E-state index is 13.4. The Hall–Kier alpha value is -4.08. The lowest BCUT2D eigenvalue weighted by Crippen LogP contribution is -2.63. The third-order valence-corrected chi connectivity index (χ3v) is 7.55. The smallest absolute Gasteiger partial charge is 0.327 e. The average molecular weight is 535 g/mol. The van der Waals surface area contributed by atoms with Crippen LogP contribution in [-0.4, -0.2) is 59.5 Å². The maximum absolute atomic E-state index is 13.4. The minimum atomic E-state index is -0.456. The van der Waals surface area contributed by atoms with Crippen LogP contribution in [0.25, 0.3) is 0 Å². The lowest BCUT2D eigenvalue weighted by atomic mass is 9.81. The summed E-state index contributed by atoms with van der Waals surface area (Å²) >= 11 is 0. The van der Waals surface area contributed by atoms with Crippen molar-refractivity contribution in [3.05, 3.63) is 53.6 Å². The fraction of sp³-hybridized carbons (Fsp3) is 0.448. The standard InChI is InChI=1S/C29H34N4O6/c1-19-8-11-21(12-9-19)31-27(35)17-33-23-6-3-2-5-22(23)28(36)32(29(33)37)14-4-7-26(34)30-16-20-10-13-24-25(15-20)39-18-38-24/h8-13,15,22-23H,2-7,14,16-18H2,1H3,(H,30,34)(H,31,35). The zero-order valence-corrected chi connectivity index (χ0v) is 22.1. The van der Waals surface area contributed by atoms with Gasteiger partial charge < -0.3 is 25.0 Å². The SMILES string of the molecule is Cc1ccc(NC(=O)CN2C(=O)N(CCCC(=O)NCc3ccc4c(c3)OCO4)C(=O)C3CCCCC32)cc1. The van der Waals surface area contributed by atoms with E-state index < -0.39 is 6.03 Å². The van der Waals surface area contributed by atoms with E-state index in [-0.39, 0.29) is 56.0 Å². The number of nitrogens with zero attached hydrogens (tertiary/aromatic N) is 2. The number of ether oxygens (including phenoxy) is 2. The summed E-state index contributed by atoms with van der Waals surface area (Å²) in [5.74, 6) is 0.358. The van der Waals surface area contributed by atoms with Gasteiger partial charge in [-0.25, -0.2) is 4.79 Å². The van der Waals surface area contributed by atoms with Gasteiger partial charge in [0.15, 0.2) is 11.5 Å². The summed E-state index contributed by atoms with van der Waals surface area (Å²) in [7, 11) is 0. The summed E-state index contributed by atoms with van der Waals surface area (Å²) in [6.07, 6.45) is 3.74. The number of carbonyl (C=O) groups excluding carboxylic acids is 4. The number of rotatable bonds is 9. The molecule has 0 spiro atoms.